The first kappa shape index (κ1) is 15.6. The second kappa shape index (κ2) is 6.78. The largest absolute Gasteiger partial charge is 0.306 e. The van der Waals surface area contributed by atoms with Gasteiger partial charge in [-0.15, -0.1) is 0 Å². The summed E-state index contributed by atoms with van der Waals surface area (Å²) < 4.78 is 14.5. The summed E-state index contributed by atoms with van der Waals surface area (Å²) in [5.74, 6) is -0.262. The summed E-state index contributed by atoms with van der Waals surface area (Å²) in [6.07, 6.45) is 0. The standard InChI is InChI=1S/C15H14BrFN2O2/c1-10(11-2-5-14(6-3-11)19(20)21)18-9-12-8-13(16)4-7-15(12)17/h2-8,10,18H,9H2,1H3. The lowest BCUT2D eigenvalue weighted by molar-refractivity contribution is -0.384. The minimum atomic E-state index is -0.432. The van der Waals surface area contributed by atoms with Crippen molar-refractivity contribution in [3.8, 4) is 0 Å². The molecule has 0 radical (unpaired) electrons. The molecule has 1 unspecified atom stereocenters. The summed E-state index contributed by atoms with van der Waals surface area (Å²) in [5.41, 5.74) is 1.54. The number of benzene rings is 2. The number of hydrogen-bond donors (Lipinski definition) is 1. The molecule has 0 aromatic heterocycles. The summed E-state index contributed by atoms with van der Waals surface area (Å²) in [6, 6.07) is 11.1. The average Bonchev–Trinajstić information content (AvgIpc) is 2.48. The number of nitro groups is 1. The van der Waals surface area contributed by atoms with Crippen LogP contribution in [0.3, 0.4) is 0 Å². The van der Waals surface area contributed by atoms with Gasteiger partial charge in [-0.05, 0) is 30.7 Å². The number of hydrogen-bond acceptors (Lipinski definition) is 3. The van der Waals surface area contributed by atoms with Crippen molar-refractivity contribution in [1.82, 2.24) is 5.32 Å². The fourth-order valence-corrected chi connectivity index (χ4v) is 2.35. The lowest BCUT2D eigenvalue weighted by Gasteiger charge is -2.14. The number of rotatable bonds is 5. The van der Waals surface area contributed by atoms with Crippen LogP contribution >= 0.6 is 15.9 Å². The molecule has 2 aromatic rings. The minimum Gasteiger partial charge on any atom is -0.306 e. The topological polar surface area (TPSA) is 55.2 Å². The summed E-state index contributed by atoms with van der Waals surface area (Å²) >= 11 is 3.31. The van der Waals surface area contributed by atoms with Crippen LogP contribution in [0.25, 0.3) is 0 Å². The van der Waals surface area contributed by atoms with Crippen molar-refractivity contribution in [3.63, 3.8) is 0 Å². The van der Waals surface area contributed by atoms with Crippen molar-refractivity contribution in [2.75, 3.05) is 0 Å². The van der Waals surface area contributed by atoms with E-state index >= 15 is 0 Å². The summed E-state index contributed by atoms with van der Waals surface area (Å²) in [5, 5.41) is 13.8. The highest BCUT2D eigenvalue weighted by atomic mass is 79.9. The third-order valence-electron chi connectivity index (χ3n) is 3.21. The van der Waals surface area contributed by atoms with Crippen LogP contribution in [0.4, 0.5) is 10.1 Å². The molecular formula is C15H14BrFN2O2. The van der Waals surface area contributed by atoms with Crippen LogP contribution in [-0.2, 0) is 6.54 Å². The van der Waals surface area contributed by atoms with Gasteiger partial charge in [-0.1, -0.05) is 28.1 Å². The highest BCUT2D eigenvalue weighted by Gasteiger charge is 2.10. The zero-order valence-electron chi connectivity index (χ0n) is 11.3. The molecule has 0 fully saturated rings. The van der Waals surface area contributed by atoms with Gasteiger partial charge < -0.3 is 5.32 Å². The van der Waals surface area contributed by atoms with Gasteiger partial charge in [0.05, 0.1) is 4.92 Å². The van der Waals surface area contributed by atoms with E-state index in [2.05, 4.69) is 21.2 Å². The van der Waals surface area contributed by atoms with Gasteiger partial charge in [-0.3, -0.25) is 10.1 Å². The Kier molecular flexibility index (Phi) is 5.03. The molecule has 0 amide bonds. The molecule has 0 spiro atoms. The number of halogens is 2. The highest BCUT2D eigenvalue weighted by Crippen LogP contribution is 2.19. The molecule has 0 bridgehead atoms. The monoisotopic (exact) mass is 352 g/mol. The molecule has 0 saturated carbocycles. The maximum absolute atomic E-state index is 13.6. The van der Waals surface area contributed by atoms with Crippen LogP contribution in [0.2, 0.25) is 0 Å². The van der Waals surface area contributed by atoms with Crippen molar-refractivity contribution in [2.45, 2.75) is 19.5 Å². The first-order valence-corrected chi connectivity index (χ1v) is 7.18. The SMILES string of the molecule is CC(NCc1cc(Br)ccc1F)c1ccc([N+](=O)[O-])cc1. The number of nitrogens with one attached hydrogen (secondary N) is 1. The Hall–Kier alpha value is -1.79. The predicted octanol–water partition coefficient (Wildman–Crippen LogP) is 4.35. The smallest absolute Gasteiger partial charge is 0.269 e. The van der Waals surface area contributed by atoms with Crippen LogP contribution in [0, 0.1) is 15.9 Å². The van der Waals surface area contributed by atoms with Crippen molar-refractivity contribution in [2.24, 2.45) is 0 Å². The van der Waals surface area contributed by atoms with Gasteiger partial charge in [-0.2, -0.15) is 0 Å². The van der Waals surface area contributed by atoms with Crippen LogP contribution in [0.1, 0.15) is 24.1 Å². The quantitative estimate of drug-likeness (QED) is 0.642. The van der Waals surface area contributed by atoms with E-state index in [1.807, 2.05) is 6.92 Å². The van der Waals surface area contributed by atoms with Crippen molar-refractivity contribution >= 4 is 21.6 Å². The molecule has 0 aliphatic heterocycles. The Balaban J connectivity index is 2.02. The highest BCUT2D eigenvalue weighted by molar-refractivity contribution is 9.10. The van der Waals surface area contributed by atoms with E-state index in [1.54, 1.807) is 24.3 Å². The zero-order chi connectivity index (χ0) is 15.4. The molecule has 1 atom stereocenters. The molecule has 0 saturated heterocycles. The van der Waals surface area contributed by atoms with Gasteiger partial charge in [0, 0.05) is 34.8 Å². The molecule has 6 heteroatoms. The van der Waals surface area contributed by atoms with Crippen LogP contribution in [-0.4, -0.2) is 4.92 Å². The number of nitro benzene ring substituents is 1. The van der Waals surface area contributed by atoms with E-state index in [0.717, 1.165) is 10.0 Å². The molecule has 0 heterocycles. The molecule has 0 aliphatic rings. The van der Waals surface area contributed by atoms with Crippen LogP contribution in [0.15, 0.2) is 46.9 Å². The number of non-ortho nitro benzene ring substituents is 1. The fraction of sp³-hybridized carbons (Fsp3) is 0.200. The van der Waals surface area contributed by atoms with E-state index in [-0.39, 0.29) is 17.5 Å². The van der Waals surface area contributed by atoms with Crippen molar-refractivity contribution < 1.29 is 9.31 Å². The molecule has 21 heavy (non-hydrogen) atoms. The first-order chi connectivity index (χ1) is 9.97. The lowest BCUT2D eigenvalue weighted by Crippen LogP contribution is -2.18. The summed E-state index contributed by atoms with van der Waals surface area (Å²) in [6.45, 7) is 2.31. The molecule has 1 N–H and O–H groups in total. The van der Waals surface area contributed by atoms with E-state index in [1.165, 1.54) is 18.2 Å². The molecule has 4 nitrogen and oxygen atoms in total. The molecular weight excluding hydrogens is 339 g/mol. The maximum atomic E-state index is 13.6. The van der Waals surface area contributed by atoms with E-state index < -0.39 is 4.92 Å². The van der Waals surface area contributed by atoms with Crippen molar-refractivity contribution in [1.29, 1.82) is 0 Å². The summed E-state index contributed by atoms with van der Waals surface area (Å²) in [4.78, 5) is 10.2. The van der Waals surface area contributed by atoms with E-state index in [0.29, 0.717) is 12.1 Å². The van der Waals surface area contributed by atoms with Gasteiger partial charge in [0.1, 0.15) is 5.82 Å². The van der Waals surface area contributed by atoms with Crippen LogP contribution < -0.4 is 5.32 Å². The van der Waals surface area contributed by atoms with Crippen LogP contribution in [0.5, 0.6) is 0 Å². The van der Waals surface area contributed by atoms with E-state index in [4.69, 9.17) is 0 Å². The lowest BCUT2D eigenvalue weighted by atomic mass is 10.1. The van der Waals surface area contributed by atoms with Gasteiger partial charge in [0.15, 0.2) is 0 Å². The van der Waals surface area contributed by atoms with Gasteiger partial charge in [0.25, 0.3) is 5.69 Å². The maximum Gasteiger partial charge on any atom is 0.269 e. The van der Waals surface area contributed by atoms with Gasteiger partial charge in [-0.25, -0.2) is 4.39 Å². The molecule has 0 aliphatic carbocycles. The normalized spacial score (nSPS) is 12.1. The van der Waals surface area contributed by atoms with Gasteiger partial charge >= 0.3 is 0 Å². The minimum absolute atomic E-state index is 0.0378. The third-order valence-corrected chi connectivity index (χ3v) is 3.70. The van der Waals surface area contributed by atoms with Gasteiger partial charge in [0.2, 0.25) is 0 Å². The Bertz CT molecular complexity index is 647. The van der Waals surface area contributed by atoms with Crippen molar-refractivity contribution in [3.05, 3.63) is 74.0 Å². The number of nitrogens with zero attached hydrogens (tertiary/aromatic N) is 1. The Morgan fingerprint density at radius 1 is 1.29 bits per heavy atom. The first-order valence-electron chi connectivity index (χ1n) is 6.39. The second-order valence-electron chi connectivity index (χ2n) is 4.69. The Labute approximate surface area is 130 Å². The average molecular weight is 353 g/mol. The zero-order valence-corrected chi connectivity index (χ0v) is 12.9. The second-order valence-corrected chi connectivity index (χ2v) is 5.60. The molecule has 2 aromatic carbocycles. The molecule has 110 valence electrons. The molecule has 2 rings (SSSR count). The Morgan fingerprint density at radius 2 is 1.95 bits per heavy atom. The fourth-order valence-electron chi connectivity index (χ4n) is 1.94. The predicted molar refractivity (Wildman–Crippen MR) is 82.5 cm³/mol. The third kappa shape index (κ3) is 4.09. The summed E-state index contributed by atoms with van der Waals surface area (Å²) in [7, 11) is 0. The van der Waals surface area contributed by atoms with E-state index in [9.17, 15) is 14.5 Å². The Morgan fingerprint density at radius 3 is 2.57 bits per heavy atom.